The van der Waals surface area contributed by atoms with E-state index in [4.69, 9.17) is 9.63 Å². The number of rotatable bonds is 7. The fourth-order valence-corrected chi connectivity index (χ4v) is 2.46. The SMILES string of the molecule is CC(C)(CCO)CNC(=O)c1cccc(-c2noc(C3CC3)n2)c1. The molecular weight excluding hydrogens is 306 g/mol. The Kier molecular flexibility index (Phi) is 4.66. The lowest BCUT2D eigenvalue weighted by Crippen LogP contribution is -2.34. The molecule has 0 spiro atoms. The third-order valence-corrected chi connectivity index (χ3v) is 4.27. The van der Waals surface area contributed by atoms with Gasteiger partial charge in [0.15, 0.2) is 0 Å². The van der Waals surface area contributed by atoms with Crippen LogP contribution >= 0.6 is 0 Å². The van der Waals surface area contributed by atoms with E-state index >= 15 is 0 Å². The largest absolute Gasteiger partial charge is 0.396 e. The molecule has 1 saturated carbocycles. The van der Waals surface area contributed by atoms with Gasteiger partial charge in [-0.05, 0) is 36.8 Å². The van der Waals surface area contributed by atoms with Gasteiger partial charge in [-0.25, -0.2) is 0 Å². The molecule has 1 heterocycles. The van der Waals surface area contributed by atoms with Crippen LogP contribution in [-0.4, -0.2) is 34.3 Å². The summed E-state index contributed by atoms with van der Waals surface area (Å²) in [5.41, 5.74) is 1.19. The molecule has 0 bridgehead atoms. The van der Waals surface area contributed by atoms with Crippen LogP contribution in [0.5, 0.6) is 0 Å². The topological polar surface area (TPSA) is 88.2 Å². The Morgan fingerprint density at radius 3 is 2.92 bits per heavy atom. The highest BCUT2D eigenvalue weighted by Gasteiger charge is 2.29. The van der Waals surface area contributed by atoms with Crippen molar-refractivity contribution in [3.63, 3.8) is 0 Å². The van der Waals surface area contributed by atoms with E-state index in [1.54, 1.807) is 12.1 Å². The van der Waals surface area contributed by atoms with Crippen LogP contribution in [0.3, 0.4) is 0 Å². The molecule has 0 atom stereocenters. The van der Waals surface area contributed by atoms with Crippen LogP contribution in [0.2, 0.25) is 0 Å². The molecule has 0 unspecified atom stereocenters. The smallest absolute Gasteiger partial charge is 0.251 e. The summed E-state index contributed by atoms with van der Waals surface area (Å²) in [4.78, 5) is 16.8. The third-order valence-electron chi connectivity index (χ3n) is 4.27. The molecular formula is C18H23N3O3. The summed E-state index contributed by atoms with van der Waals surface area (Å²) < 4.78 is 5.28. The highest BCUT2D eigenvalue weighted by Crippen LogP contribution is 2.39. The van der Waals surface area contributed by atoms with Gasteiger partial charge >= 0.3 is 0 Å². The molecule has 2 N–H and O–H groups in total. The van der Waals surface area contributed by atoms with Gasteiger partial charge in [0.25, 0.3) is 5.91 Å². The normalized spacial score (nSPS) is 14.6. The van der Waals surface area contributed by atoms with Gasteiger partial charge in [-0.1, -0.05) is 31.1 Å². The lowest BCUT2D eigenvalue weighted by molar-refractivity contribution is 0.0928. The summed E-state index contributed by atoms with van der Waals surface area (Å²) in [5, 5.41) is 16.0. The van der Waals surface area contributed by atoms with Crippen LogP contribution in [-0.2, 0) is 0 Å². The molecule has 1 aromatic carbocycles. The fourth-order valence-electron chi connectivity index (χ4n) is 2.46. The molecule has 1 amide bonds. The monoisotopic (exact) mass is 329 g/mol. The Bertz CT molecular complexity index is 720. The predicted octanol–water partition coefficient (Wildman–Crippen LogP) is 2.75. The number of aliphatic hydroxyl groups excluding tert-OH is 1. The Balaban J connectivity index is 1.68. The highest BCUT2D eigenvalue weighted by atomic mass is 16.5. The van der Waals surface area contributed by atoms with Gasteiger partial charge in [0, 0.05) is 30.2 Å². The zero-order valence-electron chi connectivity index (χ0n) is 14.1. The zero-order valence-corrected chi connectivity index (χ0v) is 14.1. The van der Waals surface area contributed by atoms with Gasteiger partial charge in [-0.2, -0.15) is 4.98 Å². The summed E-state index contributed by atoms with van der Waals surface area (Å²) >= 11 is 0. The van der Waals surface area contributed by atoms with Crippen LogP contribution in [0, 0.1) is 5.41 Å². The Hall–Kier alpha value is -2.21. The van der Waals surface area contributed by atoms with Crippen molar-refractivity contribution < 1.29 is 14.4 Å². The number of benzene rings is 1. The summed E-state index contributed by atoms with van der Waals surface area (Å²) in [7, 11) is 0. The van der Waals surface area contributed by atoms with Crippen LogP contribution in [0.4, 0.5) is 0 Å². The molecule has 0 radical (unpaired) electrons. The van der Waals surface area contributed by atoms with Gasteiger partial charge < -0.3 is 14.9 Å². The molecule has 3 rings (SSSR count). The first-order valence-corrected chi connectivity index (χ1v) is 8.32. The quantitative estimate of drug-likeness (QED) is 0.815. The number of aliphatic hydroxyl groups is 1. The minimum Gasteiger partial charge on any atom is -0.396 e. The Morgan fingerprint density at radius 1 is 1.42 bits per heavy atom. The van der Waals surface area contributed by atoms with E-state index in [9.17, 15) is 4.79 Å². The van der Waals surface area contributed by atoms with Crippen LogP contribution < -0.4 is 5.32 Å². The van der Waals surface area contributed by atoms with E-state index in [0.29, 0.717) is 36.2 Å². The van der Waals surface area contributed by atoms with Gasteiger partial charge in [0.05, 0.1) is 0 Å². The minimum atomic E-state index is -0.145. The average Bonchev–Trinajstić information content (AvgIpc) is 3.30. The maximum absolute atomic E-state index is 12.4. The van der Waals surface area contributed by atoms with Crippen molar-refractivity contribution >= 4 is 5.91 Å². The number of nitrogens with zero attached hydrogens (tertiary/aromatic N) is 2. The van der Waals surface area contributed by atoms with Crippen molar-refractivity contribution in [2.24, 2.45) is 5.41 Å². The Labute approximate surface area is 141 Å². The highest BCUT2D eigenvalue weighted by molar-refractivity contribution is 5.95. The van der Waals surface area contributed by atoms with Crippen molar-refractivity contribution in [3.05, 3.63) is 35.7 Å². The lowest BCUT2D eigenvalue weighted by atomic mass is 9.89. The van der Waals surface area contributed by atoms with Gasteiger partial charge in [-0.3, -0.25) is 4.79 Å². The second-order valence-electron chi connectivity index (χ2n) is 7.13. The van der Waals surface area contributed by atoms with E-state index in [1.165, 1.54) is 0 Å². The van der Waals surface area contributed by atoms with Crippen molar-refractivity contribution in [1.29, 1.82) is 0 Å². The number of aromatic nitrogens is 2. The first-order valence-electron chi connectivity index (χ1n) is 8.32. The summed E-state index contributed by atoms with van der Waals surface area (Å²) in [6.07, 6.45) is 2.85. The van der Waals surface area contributed by atoms with Crippen molar-refractivity contribution in [2.45, 2.75) is 39.0 Å². The van der Waals surface area contributed by atoms with Crippen molar-refractivity contribution in [2.75, 3.05) is 13.2 Å². The molecule has 6 heteroatoms. The van der Waals surface area contributed by atoms with E-state index in [-0.39, 0.29) is 17.9 Å². The summed E-state index contributed by atoms with van der Waals surface area (Å²) in [6, 6.07) is 7.22. The van der Waals surface area contributed by atoms with Gasteiger partial charge in [0.1, 0.15) is 0 Å². The molecule has 2 aromatic rings. The van der Waals surface area contributed by atoms with Crippen molar-refractivity contribution in [1.82, 2.24) is 15.5 Å². The van der Waals surface area contributed by atoms with Crippen LogP contribution in [0.1, 0.15) is 55.3 Å². The maximum atomic E-state index is 12.4. The van der Waals surface area contributed by atoms with E-state index in [2.05, 4.69) is 15.5 Å². The minimum absolute atomic E-state index is 0.111. The number of hydrogen-bond donors (Lipinski definition) is 2. The van der Waals surface area contributed by atoms with E-state index in [1.807, 2.05) is 26.0 Å². The first-order chi connectivity index (χ1) is 11.5. The molecule has 1 fully saturated rings. The molecule has 0 saturated heterocycles. The lowest BCUT2D eigenvalue weighted by Gasteiger charge is -2.23. The first kappa shape index (κ1) is 16.6. The summed E-state index contributed by atoms with van der Waals surface area (Å²) in [5.74, 6) is 1.47. The molecule has 1 aliphatic carbocycles. The van der Waals surface area contributed by atoms with E-state index < -0.39 is 0 Å². The maximum Gasteiger partial charge on any atom is 0.251 e. The van der Waals surface area contributed by atoms with E-state index in [0.717, 1.165) is 18.4 Å². The second-order valence-corrected chi connectivity index (χ2v) is 7.13. The fraction of sp³-hybridized carbons (Fsp3) is 0.500. The van der Waals surface area contributed by atoms with Crippen LogP contribution in [0.25, 0.3) is 11.4 Å². The zero-order chi connectivity index (χ0) is 17.2. The third kappa shape index (κ3) is 4.00. The van der Waals surface area contributed by atoms with Crippen LogP contribution in [0.15, 0.2) is 28.8 Å². The Morgan fingerprint density at radius 2 is 2.21 bits per heavy atom. The number of hydrogen-bond acceptors (Lipinski definition) is 5. The molecule has 1 aromatic heterocycles. The number of carbonyl (C=O) groups excluding carboxylic acids is 1. The molecule has 0 aliphatic heterocycles. The molecule has 128 valence electrons. The van der Waals surface area contributed by atoms with Crippen molar-refractivity contribution in [3.8, 4) is 11.4 Å². The second kappa shape index (κ2) is 6.73. The average molecular weight is 329 g/mol. The summed E-state index contributed by atoms with van der Waals surface area (Å²) in [6.45, 7) is 4.64. The number of nitrogens with one attached hydrogen (secondary N) is 1. The predicted molar refractivity (Wildman–Crippen MR) is 89.5 cm³/mol. The molecule has 24 heavy (non-hydrogen) atoms. The van der Waals surface area contributed by atoms with Gasteiger partial charge in [0.2, 0.25) is 11.7 Å². The molecule has 1 aliphatic rings. The molecule has 6 nitrogen and oxygen atoms in total. The number of carbonyl (C=O) groups is 1. The standard InChI is InChI=1S/C18H23N3O3/c1-18(2,8-9-22)11-19-16(23)14-5-3-4-13(10-14)15-20-17(24-21-15)12-6-7-12/h3-5,10,12,22H,6-9,11H2,1-2H3,(H,19,23). The number of amides is 1. The van der Waals surface area contributed by atoms with Gasteiger partial charge in [-0.15, -0.1) is 0 Å².